The summed E-state index contributed by atoms with van der Waals surface area (Å²) in [5, 5.41) is 6.58. The molecule has 4 aromatic rings. The number of anilines is 1. The van der Waals surface area contributed by atoms with E-state index in [1.54, 1.807) is 19.3 Å². The molecule has 2 heterocycles. The van der Waals surface area contributed by atoms with Gasteiger partial charge in [-0.3, -0.25) is 9.78 Å². The second kappa shape index (κ2) is 9.23. The van der Waals surface area contributed by atoms with Crippen LogP contribution in [0, 0.1) is 17.5 Å². The normalized spacial score (nSPS) is 11.9. The Kier molecular flexibility index (Phi) is 6.21. The molecular formula is C24H20F3N5O. The van der Waals surface area contributed by atoms with Crippen LogP contribution in [0.25, 0.3) is 22.2 Å². The summed E-state index contributed by atoms with van der Waals surface area (Å²) in [5.74, 6) is -3.86. The highest BCUT2D eigenvalue weighted by Crippen LogP contribution is 2.27. The lowest BCUT2D eigenvalue weighted by molar-refractivity contribution is 0.0964. The Hall–Kier alpha value is -4.01. The molecule has 6 nitrogen and oxygen atoms in total. The molecule has 0 saturated heterocycles. The highest BCUT2D eigenvalue weighted by atomic mass is 19.2. The van der Waals surface area contributed by atoms with E-state index < -0.39 is 17.5 Å². The molecule has 33 heavy (non-hydrogen) atoms. The minimum atomic E-state index is -1.52. The predicted octanol–water partition coefficient (Wildman–Crippen LogP) is 4.68. The minimum absolute atomic E-state index is 0.0136. The highest BCUT2D eigenvalue weighted by molar-refractivity contribution is 6.06. The quantitative estimate of drug-likeness (QED) is 0.416. The Balaban J connectivity index is 1.57. The summed E-state index contributed by atoms with van der Waals surface area (Å²) < 4.78 is 40.4. The van der Waals surface area contributed by atoms with Gasteiger partial charge in [-0.2, -0.15) is 0 Å². The number of amides is 1. The van der Waals surface area contributed by atoms with Gasteiger partial charge in [0, 0.05) is 42.7 Å². The number of pyridine rings is 1. The molecule has 0 bridgehead atoms. The third-order valence-corrected chi connectivity index (χ3v) is 5.34. The Morgan fingerprint density at radius 1 is 1.03 bits per heavy atom. The summed E-state index contributed by atoms with van der Waals surface area (Å²) >= 11 is 0. The standard InChI is InChI=1S/C24H20F3N5O/c1-13(15-4-3-5-16-17(24(33)28-2)6-7-29-23(15)16)11-30-21-10-20(31-12-32-21)14-8-18(25)22(27)19(26)9-14/h3-10,12-13H,11H2,1-2H3,(H,28,33)(H,30,31,32)/t13-/m1/s1. The zero-order chi connectivity index (χ0) is 23.5. The number of nitrogens with one attached hydrogen (secondary N) is 2. The number of benzene rings is 2. The van der Waals surface area contributed by atoms with Crippen LogP contribution in [0.2, 0.25) is 0 Å². The van der Waals surface area contributed by atoms with E-state index in [9.17, 15) is 18.0 Å². The molecule has 0 aliphatic carbocycles. The smallest absolute Gasteiger partial charge is 0.251 e. The van der Waals surface area contributed by atoms with Crippen molar-refractivity contribution in [3.05, 3.63) is 83.6 Å². The number of hydrogen-bond acceptors (Lipinski definition) is 5. The maximum atomic E-state index is 13.6. The number of rotatable bonds is 6. The highest BCUT2D eigenvalue weighted by Gasteiger charge is 2.16. The summed E-state index contributed by atoms with van der Waals surface area (Å²) in [6.07, 6.45) is 2.87. The van der Waals surface area contributed by atoms with Gasteiger partial charge in [0.2, 0.25) is 0 Å². The van der Waals surface area contributed by atoms with Crippen molar-refractivity contribution < 1.29 is 18.0 Å². The Morgan fingerprint density at radius 3 is 2.52 bits per heavy atom. The average molecular weight is 451 g/mol. The molecule has 0 spiro atoms. The van der Waals surface area contributed by atoms with E-state index in [0.29, 0.717) is 17.9 Å². The lowest BCUT2D eigenvalue weighted by Crippen LogP contribution is -2.18. The Labute approximate surface area is 187 Å². The third-order valence-electron chi connectivity index (χ3n) is 5.34. The summed E-state index contributed by atoms with van der Waals surface area (Å²) in [5.41, 5.74) is 2.57. The van der Waals surface area contributed by atoms with Gasteiger partial charge in [0.25, 0.3) is 5.91 Å². The van der Waals surface area contributed by atoms with Crippen molar-refractivity contribution in [2.75, 3.05) is 18.9 Å². The van der Waals surface area contributed by atoms with E-state index in [0.717, 1.165) is 28.6 Å². The van der Waals surface area contributed by atoms with Crippen LogP contribution in [0.3, 0.4) is 0 Å². The fourth-order valence-electron chi connectivity index (χ4n) is 3.61. The molecule has 1 amide bonds. The number of nitrogens with zero attached hydrogens (tertiary/aromatic N) is 3. The van der Waals surface area contributed by atoms with Crippen LogP contribution >= 0.6 is 0 Å². The van der Waals surface area contributed by atoms with E-state index in [4.69, 9.17) is 0 Å². The van der Waals surface area contributed by atoms with E-state index in [1.165, 1.54) is 12.4 Å². The molecule has 0 aliphatic heterocycles. The van der Waals surface area contributed by atoms with Gasteiger partial charge in [-0.05, 0) is 23.8 Å². The van der Waals surface area contributed by atoms with Gasteiger partial charge in [0.1, 0.15) is 12.1 Å². The Bertz CT molecular complexity index is 1320. The molecule has 2 aromatic carbocycles. The molecule has 0 saturated carbocycles. The first-order valence-electron chi connectivity index (χ1n) is 10.2. The molecular weight excluding hydrogens is 431 g/mol. The van der Waals surface area contributed by atoms with E-state index >= 15 is 0 Å². The maximum Gasteiger partial charge on any atom is 0.251 e. The second-order valence-corrected chi connectivity index (χ2v) is 7.51. The van der Waals surface area contributed by atoms with Gasteiger partial charge in [-0.1, -0.05) is 25.1 Å². The second-order valence-electron chi connectivity index (χ2n) is 7.51. The van der Waals surface area contributed by atoms with Crippen molar-refractivity contribution in [3.8, 4) is 11.3 Å². The van der Waals surface area contributed by atoms with E-state index in [-0.39, 0.29) is 23.1 Å². The molecule has 2 N–H and O–H groups in total. The molecule has 168 valence electrons. The van der Waals surface area contributed by atoms with E-state index in [1.807, 2.05) is 25.1 Å². The van der Waals surface area contributed by atoms with Gasteiger partial charge in [-0.15, -0.1) is 0 Å². The summed E-state index contributed by atoms with van der Waals surface area (Å²) in [6.45, 7) is 2.47. The molecule has 0 radical (unpaired) electrons. The van der Waals surface area contributed by atoms with E-state index in [2.05, 4.69) is 25.6 Å². The molecule has 1 atom stereocenters. The van der Waals surface area contributed by atoms with Crippen LogP contribution in [0.5, 0.6) is 0 Å². The number of carbonyl (C=O) groups excluding carboxylic acids is 1. The molecule has 0 aliphatic rings. The lowest BCUT2D eigenvalue weighted by Gasteiger charge is -2.16. The monoisotopic (exact) mass is 451 g/mol. The predicted molar refractivity (Wildman–Crippen MR) is 119 cm³/mol. The maximum absolute atomic E-state index is 13.6. The number of aromatic nitrogens is 3. The number of fused-ring (bicyclic) bond motifs is 1. The van der Waals surface area contributed by atoms with Gasteiger partial charge in [-0.25, -0.2) is 23.1 Å². The van der Waals surface area contributed by atoms with Crippen molar-refractivity contribution >= 4 is 22.6 Å². The number of carbonyl (C=O) groups is 1. The van der Waals surface area contributed by atoms with Gasteiger partial charge in [0.05, 0.1) is 16.8 Å². The summed E-state index contributed by atoms with van der Waals surface area (Å²) in [6, 6.07) is 10.7. The lowest BCUT2D eigenvalue weighted by atomic mass is 9.96. The van der Waals surface area contributed by atoms with Crippen LogP contribution in [0.15, 0.2) is 55.0 Å². The molecule has 0 unspecified atom stereocenters. The van der Waals surface area contributed by atoms with Gasteiger partial charge < -0.3 is 10.6 Å². The number of halogens is 3. The Morgan fingerprint density at radius 2 is 1.79 bits per heavy atom. The number of para-hydroxylation sites is 1. The third kappa shape index (κ3) is 4.48. The first-order chi connectivity index (χ1) is 15.9. The fourth-order valence-corrected chi connectivity index (χ4v) is 3.61. The van der Waals surface area contributed by atoms with Crippen LogP contribution < -0.4 is 10.6 Å². The largest absolute Gasteiger partial charge is 0.369 e. The van der Waals surface area contributed by atoms with Crippen LogP contribution in [0.1, 0.15) is 28.8 Å². The average Bonchev–Trinajstić information content (AvgIpc) is 2.84. The summed E-state index contributed by atoms with van der Waals surface area (Å²) in [4.78, 5) is 24.9. The van der Waals surface area contributed by atoms with Crippen molar-refractivity contribution in [2.45, 2.75) is 12.8 Å². The zero-order valence-corrected chi connectivity index (χ0v) is 17.9. The van der Waals surface area contributed by atoms with Gasteiger partial charge in [0.15, 0.2) is 17.5 Å². The van der Waals surface area contributed by atoms with Crippen molar-refractivity contribution in [1.82, 2.24) is 20.3 Å². The minimum Gasteiger partial charge on any atom is -0.369 e. The first kappa shape index (κ1) is 22.2. The first-order valence-corrected chi connectivity index (χ1v) is 10.2. The van der Waals surface area contributed by atoms with Crippen LogP contribution in [-0.4, -0.2) is 34.5 Å². The SMILES string of the molecule is CNC(=O)c1ccnc2c([C@H](C)CNc3cc(-c4cc(F)c(F)c(F)c4)ncn3)cccc12. The van der Waals surface area contributed by atoms with Crippen LogP contribution in [0.4, 0.5) is 19.0 Å². The van der Waals surface area contributed by atoms with Crippen molar-refractivity contribution in [3.63, 3.8) is 0 Å². The van der Waals surface area contributed by atoms with Crippen LogP contribution in [-0.2, 0) is 0 Å². The topological polar surface area (TPSA) is 79.8 Å². The molecule has 0 fully saturated rings. The summed E-state index contributed by atoms with van der Waals surface area (Å²) in [7, 11) is 1.58. The molecule has 4 rings (SSSR count). The zero-order valence-electron chi connectivity index (χ0n) is 17.9. The molecule has 9 heteroatoms. The van der Waals surface area contributed by atoms with Crippen molar-refractivity contribution in [1.29, 1.82) is 0 Å². The van der Waals surface area contributed by atoms with Crippen molar-refractivity contribution in [2.24, 2.45) is 0 Å². The number of hydrogen-bond donors (Lipinski definition) is 2. The fraction of sp³-hybridized carbons (Fsp3) is 0.167. The molecule has 2 aromatic heterocycles. The van der Waals surface area contributed by atoms with Gasteiger partial charge >= 0.3 is 0 Å².